The zero-order chi connectivity index (χ0) is 43.9. The van der Waals surface area contributed by atoms with Gasteiger partial charge in [-0.1, -0.05) is 153 Å². The van der Waals surface area contributed by atoms with E-state index < -0.39 is 0 Å². The molecule has 0 fully saturated rings. The van der Waals surface area contributed by atoms with Crippen LogP contribution in [0, 0.1) is 0 Å². The topological polar surface area (TPSA) is 19.6 Å². The lowest BCUT2D eigenvalue weighted by atomic mass is 9.82. The predicted molar refractivity (Wildman–Crippen MR) is 279 cm³/mol. The number of anilines is 6. The molecular weight excluding hydrogens is 801 g/mol. The summed E-state index contributed by atoms with van der Waals surface area (Å²) in [5.74, 6) is 0. The van der Waals surface area contributed by atoms with Crippen molar-refractivity contribution in [3.8, 4) is 22.3 Å². The van der Waals surface area contributed by atoms with Crippen LogP contribution in [0.4, 0.5) is 34.1 Å². The Hall–Kier alpha value is -8.40. The van der Waals surface area contributed by atoms with E-state index in [0.717, 1.165) is 67.2 Å². The van der Waals surface area contributed by atoms with Gasteiger partial charge in [-0.15, -0.1) is 0 Å². The summed E-state index contributed by atoms with van der Waals surface area (Å²) in [4.78, 5) is 4.80. The van der Waals surface area contributed by atoms with E-state index in [0.29, 0.717) is 0 Å². The highest BCUT2D eigenvalue weighted by molar-refractivity contribution is 6.25. The molecule has 1 heterocycles. The molecule has 0 saturated heterocycles. The molecule has 312 valence electrons. The van der Waals surface area contributed by atoms with Gasteiger partial charge in [-0.25, -0.2) is 0 Å². The number of furan rings is 1. The molecule has 0 unspecified atom stereocenters. The fourth-order valence-corrected chi connectivity index (χ4v) is 10.8. The average molecular weight is 845 g/mol. The van der Waals surface area contributed by atoms with Crippen LogP contribution in [0.5, 0.6) is 0 Å². The van der Waals surface area contributed by atoms with Crippen LogP contribution in [0.2, 0.25) is 0 Å². The molecule has 0 amide bonds. The van der Waals surface area contributed by atoms with Crippen LogP contribution < -0.4 is 9.80 Å². The minimum absolute atomic E-state index is 0.264. The molecule has 13 rings (SSSR count). The van der Waals surface area contributed by atoms with Gasteiger partial charge in [0.15, 0.2) is 0 Å². The lowest BCUT2D eigenvalue weighted by molar-refractivity contribution is 0.660. The van der Waals surface area contributed by atoms with Gasteiger partial charge in [-0.05, 0) is 157 Å². The van der Waals surface area contributed by atoms with Crippen molar-refractivity contribution in [2.45, 2.75) is 19.3 Å². The monoisotopic (exact) mass is 844 g/mol. The van der Waals surface area contributed by atoms with Crippen LogP contribution in [0.15, 0.2) is 235 Å². The van der Waals surface area contributed by atoms with Crippen molar-refractivity contribution in [2.75, 3.05) is 9.80 Å². The van der Waals surface area contributed by atoms with E-state index in [1.165, 1.54) is 54.6 Å². The fraction of sp³-hybridized carbons (Fsp3) is 0.0476. The maximum Gasteiger partial charge on any atom is 0.135 e. The van der Waals surface area contributed by atoms with Crippen molar-refractivity contribution < 1.29 is 4.42 Å². The number of hydrogen-bond donors (Lipinski definition) is 0. The maximum atomic E-state index is 6.18. The molecule has 0 bridgehead atoms. The minimum Gasteiger partial charge on any atom is -0.456 e. The molecule has 0 saturated carbocycles. The van der Waals surface area contributed by atoms with E-state index in [9.17, 15) is 0 Å². The lowest BCUT2D eigenvalue weighted by Crippen LogP contribution is -2.17. The van der Waals surface area contributed by atoms with Crippen molar-refractivity contribution in [3.05, 3.63) is 242 Å². The van der Waals surface area contributed by atoms with E-state index in [1.54, 1.807) is 0 Å². The Morgan fingerprint density at radius 1 is 0.288 bits per heavy atom. The summed E-state index contributed by atoms with van der Waals surface area (Å²) in [5.41, 5.74) is 15.8. The third-order valence-electron chi connectivity index (χ3n) is 14.0. The zero-order valence-electron chi connectivity index (χ0n) is 36.7. The Balaban J connectivity index is 0.955. The molecule has 66 heavy (non-hydrogen) atoms. The van der Waals surface area contributed by atoms with Crippen molar-refractivity contribution in [3.63, 3.8) is 0 Å². The van der Waals surface area contributed by atoms with Crippen molar-refractivity contribution in [1.82, 2.24) is 0 Å². The van der Waals surface area contributed by atoms with Crippen molar-refractivity contribution >= 4 is 88.4 Å². The summed E-state index contributed by atoms with van der Waals surface area (Å²) in [6.45, 7) is 4.76. The molecule has 1 aliphatic rings. The van der Waals surface area contributed by atoms with Gasteiger partial charge in [0.2, 0.25) is 0 Å². The molecule has 0 spiro atoms. The van der Waals surface area contributed by atoms with Gasteiger partial charge in [0.25, 0.3) is 0 Å². The summed E-state index contributed by atoms with van der Waals surface area (Å²) in [6, 6.07) is 84.0. The Bertz CT molecular complexity index is 3770. The van der Waals surface area contributed by atoms with Gasteiger partial charge >= 0.3 is 0 Å². The van der Waals surface area contributed by atoms with Crippen molar-refractivity contribution in [1.29, 1.82) is 0 Å². The summed E-state index contributed by atoms with van der Waals surface area (Å²) in [5, 5.41) is 9.84. The van der Waals surface area contributed by atoms with E-state index in [-0.39, 0.29) is 5.41 Å². The molecule has 0 atom stereocenters. The van der Waals surface area contributed by atoms with Crippen LogP contribution in [0.1, 0.15) is 25.0 Å². The Morgan fingerprint density at radius 3 is 1.29 bits per heavy atom. The second kappa shape index (κ2) is 14.8. The molecule has 1 aromatic heterocycles. The molecule has 12 aromatic rings. The van der Waals surface area contributed by atoms with Gasteiger partial charge in [0.05, 0.1) is 0 Å². The summed E-state index contributed by atoms with van der Waals surface area (Å²) >= 11 is 0. The van der Waals surface area contributed by atoms with Gasteiger partial charge in [-0.3, -0.25) is 0 Å². The average Bonchev–Trinajstić information content (AvgIpc) is 3.85. The van der Waals surface area contributed by atoms with Crippen LogP contribution in [-0.2, 0) is 5.41 Å². The first-order chi connectivity index (χ1) is 32.5. The van der Waals surface area contributed by atoms with Gasteiger partial charge in [-0.2, -0.15) is 0 Å². The van der Waals surface area contributed by atoms with Gasteiger partial charge in [0, 0.05) is 50.3 Å². The normalized spacial score (nSPS) is 12.8. The van der Waals surface area contributed by atoms with Gasteiger partial charge in [0.1, 0.15) is 11.2 Å². The quantitative estimate of drug-likeness (QED) is 0.149. The first-order valence-corrected chi connectivity index (χ1v) is 22.8. The standard InChI is InChI=1S/C63H44N2O/c1-63(2)59-39-47(64(43-15-5-3-6-16-43)44-17-7-4-8-18-44)31-34-54(59)55-35-32-48(40-60(55)63)65(46-30-33-53-51-21-10-9-19-49(51)50-20-11-12-22-52(50)57(53)38-46)45-28-25-41(26-29-45)42-27-36-62-58(37-42)56-23-13-14-24-61(56)66-62/h3-40H,1-2H3. The summed E-state index contributed by atoms with van der Waals surface area (Å²) in [6.07, 6.45) is 0. The third-order valence-corrected chi connectivity index (χ3v) is 14.0. The van der Waals surface area contributed by atoms with Gasteiger partial charge < -0.3 is 14.2 Å². The first kappa shape index (κ1) is 38.1. The highest BCUT2D eigenvalue weighted by atomic mass is 16.3. The Kier molecular flexibility index (Phi) is 8.56. The van der Waals surface area contributed by atoms with Crippen molar-refractivity contribution in [2.24, 2.45) is 0 Å². The van der Waals surface area contributed by atoms with E-state index in [2.05, 4.69) is 242 Å². The summed E-state index contributed by atoms with van der Waals surface area (Å²) in [7, 11) is 0. The molecule has 0 aliphatic heterocycles. The number of hydrogen-bond acceptors (Lipinski definition) is 3. The predicted octanol–water partition coefficient (Wildman–Crippen LogP) is 18.0. The number of para-hydroxylation sites is 3. The van der Waals surface area contributed by atoms with Crippen LogP contribution in [-0.4, -0.2) is 0 Å². The molecule has 0 radical (unpaired) electrons. The Labute approximate surface area is 384 Å². The van der Waals surface area contributed by atoms with E-state index >= 15 is 0 Å². The van der Waals surface area contributed by atoms with Crippen LogP contribution in [0.25, 0.3) is 76.5 Å². The second-order valence-corrected chi connectivity index (χ2v) is 18.1. The van der Waals surface area contributed by atoms with E-state index in [1.807, 2.05) is 12.1 Å². The van der Waals surface area contributed by atoms with Crippen LogP contribution >= 0.6 is 0 Å². The molecular formula is C63H44N2O. The Morgan fingerprint density at radius 2 is 0.697 bits per heavy atom. The zero-order valence-corrected chi connectivity index (χ0v) is 36.7. The number of benzene rings is 11. The second-order valence-electron chi connectivity index (χ2n) is 18.1. The molecule has 3 nitrogen and oxygen atoms in total. The fourth-order valence-electron chi connectivity index (χ4n) is 10.8. The SMILES string of the molecule is CC1(C)c2cc(N(c3ccccc3)c3ccccc3)ccc2-c2ccc(N(c3ccc(-c4ccc5oc6ccccc6c5c4)cc3)c3ccc4c5ccccc5c5ccccc5c4c3)cc21. The number of rotatable bonds is 7. The smallest absolute Gasteiger partial charge is 0.135 e. The number of fused-ring (bicyclic) bond motifs is 12. The largest absolute Gasteiger partial charge is 0.456 e. The highest BCUT2D eigenvalue weighted by Gasteiger charge is 2.37. The molecule has 1 aliphatic carbocycles. The minimum atomic E-state index is -0.264. The summed E-state index contributed by atoms with van der Waals surface area (Å²) < 4.78 is 6.18. The lowest BCUT2D eigenvalue weighted by Gasteiger charge is -2.29. The number of nitrogens with zero attached hydrogens (tertiary/aromatic N) is 2. The highest BCUT2D eigenvalue weighted by Crippen LogP contribution is 2.53. The maximum absolute atomic E-state index is 6.18. The van der Waals surface area contributed by atoms with Crippen LogP contribution in [0.3, 0.4) is 0 Å². The van der Waals surface area contributed by atoms with E-state index in [4.69, 9.17) is 4.42 Å². The third kappa shape index (κ3) is 5.97. The molecule has 11 aromatic carbocycles. The molecule has 3 heteroatoms. The first-order valence-electron chi connectivity index (χ1n) is 22.8. The molecule has 0 N–H and O–H groups in total.